The third-order valence-corrected chi connectivity index (χ3v) is 5.96. The van der Waals surface area contributed by atoms with E-state index in [4.69, 9.17) is 16.3 Å². The molecule has 0 bridgehead atoms. The Balaban J connectivity index is 1.41. The van der Waals surface area contributed by atoms with Crippen LogP contribution < -0.4 is 4.74 Å². The van der Waals surface area contributed by atoms with Crippen LogP contribution in [-0.2, 0) is 4.79 Å². The number of carboxylic acid groups (broad SMARTS) is 1. The number of nitrogens with one attached hydrogen (secondary N) is 1. The number of aliphatic carboxylic acids is 1. The third kappa shape index (κ3) is 3.42. The van der Waals surface area contributed by atoms with Gasteiger partial charge in [-0.05, 0) is 41.7 Å². The zero-order valence-electron chi connectivity index (χ0n) is 16.1. The minimum Gasteiger partial charge on any atom is -0.481 e. The summed E-state index contributed by atoms with van der Waals surface area (Å²) in [6.07, 6.45) is 1.27. The molecule has 6 heteroatoms. The number of aromatic nitrogens is 2. The number of halogens is 1. The molecule has 0 aliphatic heterocycles. The number of hydrogen-bond acceptors (Lipinski definition) is 3. The van der Waals surface area contributed by atoms with Gasteiger partial charge in [0.15, 0.2) is 0 Å². The van der Waals surface area contributed by atoms with Crippen LogP contribution in [0.5, 0.6) is 6.01 Å². The Morgan fingerprint density at radius 3 is 2.37 bits per heavy atom. The standard InChI is InChI=1S/C24H19ClN2O3/c25-19-13-21-20(26-23(27-21)30-14-24(10-11-24)22(28)29)12-18(19)17-8-6-16(7-9-17)15-4-2-1-3-5-15/h1-9,12-13H,10-11,14H2,(H,26,27)(H,28,29). The number of H-pyrrole nitrogens is 1. The van der Waals surface area contributed by atoms with Gasteiger partial charge in [0.2, 0.25) is 0 Å². The Hall–Kier alpha value is -3.31. The summed E-state index contributed by atoms with van der Waals surface area (Å²) in [5.74, 6) is -0.817. The summed E-state index contributed by atoms with van der Waals surface area (Å²) in [5, 5.41) is 9.89. The van der Waals surface area contributed by atoms with Crippen molar-refractivity contribution >= 4 is 28.6 Å². The van der Waals surface area contributed by atoms with Gasteiger partial charge in [0.05, 0.1) is 16.1 Å². The van der Waals surface area contributed by atoms with Crippen LogP contribution in [0.4, 0.5) is 0 Å². The molecule has 5 nitrogen and oxygen atoms in total. The van der Waals surface area contributed by atoms with Crippen molar-refractivity contribution in [1.82, 2.24) is 9.97 Å². The maximum Gasteiger partial charge on any atom is 0.313 e. The fraction of sp³-hybridized carbons (Fsp3) is 0.167. The largest absolute Gasteiger partial charge is 0.481 e. The van der Waals surface area contributed by atoms with Crippen molar-refractivity contribution in [3.8, 4) is 28.3 Å². The second kappa shape index (κ2) is 7.18. The average Bonchev–Trinajstić information content (AvgIpc) is 3.47. The Bertz CT molecular complexity index is 1230. The van der Waals surface area contributed by atoms with Gasteiger partial charge in [0, 0.05) is 5.56 Å². The maximum atomic E-state index is 11.3. The number of aromatic amines is 1. The number of ether oxygens (including phenoxy) is 1. The van der Waals surface area contributed by atoms with E-state index in [2.05, 4.69) is 34.2 Å². The molecular formula is C24H19ClN2O3. The van der Waals surface area contributed by atoms with Crippen molar-refractivity contribution in [2.75, 3.05) is 6.61 Å². The molecular weight excluding hydrogens is 400 g/mol. The molecule has 0 atom stereocenters. The summed E-state index contributed by atoms with van der Waals surface area (Å²) >= 11 is 6.54. The van der Waals surface area contributed by atoms with E-state index in [0.29, 0.717) is 23.9 Å². The van der Waals surface area contributed by atoms with Gasteiger partial charge in [-0.1, -0.05) is 66.2 Å². The summed E-state index contributed by atoms with van der Waals surface area (Å²) in [6.45, 7) is 0.115. The Labute approximate surface area is 178 Å². The fourth-order valence-corrected chi connectivity index (χ4v) is 3.82. The normalized spacial score (nSPS) is 14.6. The van der Waals surface area contributed by atoms with E-state index in [1.54, 1.807) is 0 Å². The lowest BCUT2D eigenvalue weighted by Gasteiger charge is -2.08. The number of nitrogens with zero attached hydrogens (tertiary/aromatic N) is 1. The van der Waals surface area contributed by atoms with Gasteiger partial charge in [0.1, 0.15) is 12.0 Å². The fourth-order valence-electron chi connectivity index (χ4n) is 3.55. The molecule has 1 aliphatic rings. The van der Waals surface area contributed by atoms with Gasteiger partial charge in [-0.25, -0.2) is 0 Å². The Morgan fingerprint density at radius 1 is 1.03 bits per heavy atom. The van der Waals surface area contributed by atoms with Gasteiger partial charge in [-0.2, -0.15) is 4.98 Å². The SMILES string of the molecule is O=C(O)C1(COc2nc3cc(-c4ccc(-c5ccccc5)cc4)c(Cl)cc3[nH]2)CC1. The molecule has 30 heavy (non-hydrogen) atoms. The maximum absolute atomic E-state index is 11.3. The zero-order chi connectivity index (χ0) is 20.7. The molecule has 0 amide bonds. The first kappa shape index (κ1) is 18.7. The quantitative estimate of drug-likeness (QED) is 0.415. The summed E-state index contributed by atoms with van der Waals surface area (Å²) < 4.78 is 5.64. The van der Waals surface area contributed by atoms with E-state index >= 15 is 0 Å². The van der Waals surface area contributed by atoms with E-state index in [1.165, 1.54) is 0 Å². The highest BCUT2D eigenvalue weighted by atomic mass is 35.5. The summed E-state index contributed by atoms with van der Waals surface area (Å²) in [5.41, 5.74) is 4.88. The smallest absolute Gasteiger partial charge is 0.313 e. The molecule has 4 aromatic rings. The molecule has 0 spiro atoms. The minimum absolute atomic E-state index is 0.115. The zero-order valence-corrected chi connectivity index (χ0v) is 16.8. The summed E-state index contributed by atoms with van der Waals surface area (Å²) in [4.78, 5) is 18.8. The molecule has 2 N–H and O–H groups in total. The number of fused-ring (bicyclic) bond motifs is 1. The van der Waals surface area contributed by atoms with Crippen LogP contribution in [0.2, 0.25) is 5.02 Å². The Kier molecular flexibility index (Phi) is 4.48. The van der Waals surface area contributed by atoms with Gasteiger partial charge in [-0.3, -0.25) is 4.79 Å². The number of hydrogen-bond donors (Lipinski definition) is 2. The second-order valence-corrected chi connectivity index (χ2v) is 8.12. The molecule has 0 unspecified atom stereocenters. The number of rotatable bonds is 6. The monoisotopic (exact) mass is 418 g/mol. The number of benzene rings is 3. The number of carbonyl (C=O) groups is 1. The van der Waals surface area contributed by atoms with Gasteiger partial charge < -0.3 is 14.8 Å². The summed E-state index contributed by atoms with van der Waals surface area (Å²) in [6, 6.07) is 22.5. The van der Waals surface area contributed by atoms with Crippen LogP contribution in [0.1, 0.15) is 12.8 Å². The van der Waals surface area contributed by atoms with Crippen LogP contribution >= 0.6 is 11.6 Å². The third-order valence-electron chi connectivity index (χ3n) is 5.64. The predicted octanol–water partition coefficient (Wildman–Crippen LogP) is 5.79. The lowest BCUT2D eigenvalue weighted by Crippen LogP contribution is -2.23. The van der Waals surface area contributed by atoms with Crippen molar-refractivity contribution in [2.24, 2.45) is 5.41 Å². The highest BCUT2D eigenvalue weighted by molar-refractivity contribution is 6.34. The van der Waals surface area contributed by atoms with Crippen LogP contribution in [-0.4, -0.2) is 27.7 Å². The van der Waals surface area contributed by atoms with Crippen LogP contribution in [0.3, 0.4) is 0 Å². The average molecular weight is 419 g/mol. The molecule has 1 aromatic heterocycles. The number of carboxylic acids is 1. The highest BCUT2D eigenvalue weighted by Crippen LogP contribution is 2.46. The van der Waals surface area contributed by atoms with Gasteiger partial charge in [0.25, 0.3) is 6.01 Å². The topological polar surface area (TPSA) is 75.2 Å². The van der Waals surface area contributed by atoms with E-state index in [-0.39, 0.29) is 6.61 Å². The molecule has 150 valence electrons. The van der Waals surface area contributed by atoms with E-state index in [1.807, 2.05) is 42.5 Å². The lowest BCUT2D eigenvalue weighted by atomic mass is 10.00. The second-order valence-electron chi connectivity index (χ2n) is 7.71. The molecule has 1 saturated carbocycles. The van der Waals surface area contributed by atoms with Crippen molar-refractivity contribution in [2.45, 2.75) is 12.8 Å². The molecule has 0 radical (unpaired) electrons. The predicted molar refractivity (Wildman–Crippen MR) is 117 cm³/mol. The van der Waals surface area contributed by atoms with Crippen molar-refractivity contribution in [3.63, 3.8) is 0 Å². The number of imidazole rings is 1. The highest BCUT2D eigenvalue weighted by Gasteiger charge is 2.51. The van der Waals surface area contributed by atoms with Crippen LogP contribution in [0.15, 0.2) is 66.7 Å². The molecule has 1 aliphatic carbocycles. The first-order valence-corrected chi connectivity index (χ1v) is 10.1. The minimum atomic E-state index is -0.817. The first-order valence-electron chi connectivity index (χ1n) is 9.75. The van der Waals surface area contributed by atoms with E-state index < -0.39 is 11.4 Å². The van der Waals surface area contributed by atoms with Crippen molar-refractivity contribution in [1.29, 1.82) is 0 Å². The van der Waals surface area contributed by atoms with Crippen molar-refractivity contribution < 1.29 is 14.6 Å². The Morgan fingerprint density at radius 2 is 1.70 bits per heavy atom. The molecule has 1 heterocycles. The van der Waals surface area contributed by atoms with Crippen molar-refractivity contribution in [3.05, 3.63) is 71.8 Å². The molecule has 3 aromatic carbocycles. The molecule has 5 rings (SSSR count). The van der Waals surface area contributed by atoms with Crippen LogP contribution in [0.25, 0.3) is 33.3 Å². The van der Waals surface area contributed by atoms with E-state index in [0.717, 1.165) is 33.3 Å². The first-order chi connectivity index (χ1) is 14.5. The molecule has 1 fully saturated rings. The van der Waals surface area contributed by atoms with Gasteiger partial charge >= 0.3 is 5.97 Å². The summed E-state index contributed by atoms with van der Waals surface area (Å²) in [7, 11) is 0. The van der Waals surface area contributed by atoms with Crippen LogP contribution in [0, 0.1) is 5.41 Å². The molecule has 0 saturated heterocycles. The van der Waals surface area contributed by atoms with E-state index in [9.17, 15) is 9.90 Å². The lowest BCUT2D eigenvalue weighted by molar-refractivity contribution is -0.144. The van der Waals surface area contributed by atoms with Gasteiger partial charge in [-0.15, -0.1) is 0 Å².